The van der Waals surface area contributed by atoms with Crippen LogP contribution < -0.4 is 4.74 Å². The topological polar surface area (TPSA) is 49.8 Å². The van der Waals surface area contributed by atoms with Crippen LogP contribution in [0.4, 0.5) is 0 Å². The first-order chi connectivity index (χ1) is 9.76. The van der Waals surface area contributed by atoms with Crippen LogP contribution in [0.15, 0.2) is 24.3 Å². The van der Waals surface area contributed by atoms with Gasteiger partial charge in [0.15, 0.2) is 0 Å². The zero-order valence-electron chi connectivity index (χ0n) is 12.0. The lowest BCUT2D eigenvalue weighted by Crippen LogP contribution is -2.35. The van der Waals surface area contributed by atoms with E-state index in [4.69, 9.17) is 9.84 Å². The van der Waals surface area contributed by atoms with Crippen LogP contribution in [0.25, 0.3) is 0 Å². The predicted octanol–water partition coefficient (Wildman–Crippen LogP) is 2.00. The molecule has 1 N–H and O–H groups in total. The van der Waals surface area contributed by atoms with E-state index in [1.165, 1.54) is 0 Å². The molecule has 110 valence electrons. The number of carbonyl (C=O) groups excluding carboxylic acids is 1. The third-order valence-electron chi connectivity index (χ3n) is 3.53. The van der Waals surface area contributed by atoms with E-state index in [0.717, 1.165) is 24.2 Å². The number of benzene rings is 1. The van der Waals surface area contributed by atoms with E-state index in [0.29, 0.717) is 32.0 Å². The normalized spacial score (nSPS) is 14.1. The summed E-state index contributed by atoms with van der Waals surface area (Å²) in [5.41, 5.74) is 1.07. The molecule has 1 aliphatic rings. The van der Waals surface area contributed by atoms with Crippen molar-refractivity contribution in [1.29, 1.82) is 0 Å². The van der Waals surface area contributed by atoms with E-state index in [2.05, 4.69) is 0 Å². The van der Waals surface area contributed by atoms with Crippen LogP contribution in [0.3, 0.4) is 0 Å². The molecule has 0 atom stereocenters. The Bertz CT molecular complexity index is 443. The van der Waals surface area contributed by atoms with E-state index < -0.39 is 0 Å². The lowest BCUT2D eigenvalue weighted by molar-refractivity contribution is -0.132. The average molecular weight is 277 g/mol. The van der Waals surface area contributed by atoms with Gasteiger partial charge in [0.1, 0.15) is 5.75 Å². The first-order valence-corrected chi connectivity index (χ1v) is 7.37. The Morgan fingerprint density at radius 2 is 2.15 bits per heavy atom. The SMILES string of the molecule is CCOc1ccccc1CCC(=O)N(CCO)C1CC1. The van der Waals surface area contributed by atoms with Gasteiger partial charge in [-0.25, -0.2) is 0 Å². The fraction of sp³-hybridized carbons (Fsp3) is 0.562. The minimum absolute atomic E-state index is 0.0395. The summed E-state index contributed by atoms with van der Waals surface area (Å²) in [5.74, 6) is 0.996. The fourth-order valence-electron chi connectivity index (χ4n) is 2.40. The number of aliphatic hydroxyl groups excluding tert-OH is 1. The molecule has 1 aliphatic carbocycles. The molecule has 1 aromatic rings. The summed E-state index contributed by atoms with van der Waals surface area (Å²) in [4.78, 5) is 14.1. The smallest absolute Gasteiger partial charge is 0.223 e. The van der Waals surface area contributed by atoms with Crippen molar-refractivity contribution in [3.63, 3.8) is 0 Å². The van der Waals surface area contributed by atoms with E-state index in [-0.39, 0.29) is 12.5 Å². The van der Waals surface area contributed by atoms with Crippen molar-refractivity contribution >= 4 is 5.91 Å². The Morgan fingerprint density at radius 3 is 2.80 bits per heavy atom. The van der Waals surface area contributed by atoms with Crippen molar-refractivity contribution in [2.75, 3.05) is 19.8 Å². The van der Waals surface area contributed by atoms with Crippen molar-refractivity contribution in [1.82, 2.24) is 4.90 Å². The minimum Gasteiger partial charge on any atom is -0.494 e. The monoisotopic (exact) mass is 277 g/mol. The summed E-state index contributed by atoms with van der Waals surface area (Å²) in [5, 5.41) is 9.05. The zero-order valence-corrected chi connectivity index (χ0v) is 12.0. The highest BCUT2D eigenvalue weighted by atomic mass is 16.5. The maximum Gasteiger partial charge on any atom is 0.223 e. The van der Waals surface area contributed by atoms with Crippen LogP contribution in [-0.2, 0) is 11.2 Å². The number of ether oxygens (including phenoxy) is 1. The lowest BCUT2D eigenvalue weighted by Gasteiger charge is -2.21. The highest BCUT2D eigenvalue weighted by Crippen LogP contribution is 2.27. The summed E-state index contributed by atoms with van der Waals surface area (Å²) < 4.78 is 5.57. The number of carbonyl (C=O) groups is 1. The molecule has 1 amide bonds. The highest BCUT2D eigenvalue weighted by molar-refractivity contribution is 5.77. The second kappa shape index (κ2) is 7.29. The molecule has 20 heavy (non-hydrogen) atoms. The molecule has 0 bridgehead atoms. The van der Waals surface area contributed by atoms with Gasteiger partial charge < -0.3 is 14.7 Å². The van der Waals surface area contributed by atoms with Crippen molar-refractivity contribution in [2.45, 2.75) is 38.6 Å². The Kier molecular flexibility index (Phi) is 5.41. The van der Waals surface area contributed by atoms with Gasteiger partial charge in [-0.2, -0.15) is 0 Å². The molecule has 1 aromatic carbocycles. The van der Waals surface area contributed by atoms with Crippen LogP contribution in [0.2, 0.25) is 0 Å². The quantitative estimate of drug-likeness (QED) is 0.790. The highest BCUT2D eigenvalue weighted by Gasteiger charge is 2.31. The first kappa shape index (κ1) is 14.9. The number of aryl methyl sites for hydroxylation is 1. The molecule has 0 aromatic heterocycles. The number of nitrogens with zero attached hydrogens (tertiary/aromatic N) is 1. The summed E-state index contributed by atoms with van der Waals surface area (Å²) in [6, 6.07) is 8.21. The second-order valence-electron chi connectivity index (χ2n) is 5.08. The van der Waals surface area contributed by atoms with E-state index in [1.54, 1.807) is 0 Å². The minimum atomic E-state index is 0.0395. The van der Waals surface area contributed by atoms with Gasteiger partial charge >= 0.3 is 0 Å². The zero-order chi connectivity index (χ0) is 14.4. The summed E-state index contributed by atoms with van der Waals surface area (Å²) in [7, 11) is 0. The number of aliphatic hydroxyl groups is 1. The fourth-order valence-corrected chi connectivity index (χ4v) is 2.40. The van der Waals surface area contributed by atoms with Gasteiger partial charge in [0, 0.05) is 19.0 Å². The lowest BCUT2D eigenvalue weighted by atomic mass is 10.1. The molecule has 0 heterocycles. The molecule has 0 unspecified atom stereocenters. The molecule has 4 nitrogen and oxygen atoms in total. The molecular weight excluding hydrogens is 254 g/mol. The number of hydrogen-bond acceptors (Lipinski definition) is 3. The molecule has 0 spiro atoms. The third kappa shape index (κ3) is 3.97. The largest absolute Gasteiger partial charge is 0.494 e. The summed E-state index contributed by atoms with van der Waals surface area (Å²) >= 11 is 0. The molecule has 0 radical (unpaired) electrons. The average Bonchev–Trinajstić information content (AvgIpc) is 3.28. The standard InChI is InChI=1S/C16H23NO3/c1-2-20-15-6-4-3-5-13(15)7-10-16(19)17(11-12-18)14-8-9-14/h3-6,14,18H,2,7-12H2,1H3. The van der Waals surface area contributed by atoms with Gasteiger partial charge in [0.2, 0.25) is 5.91 Å². The first-order valence-electron chi connectivity index (χ1n) is 7.37. The molecular formula is C16H23NO3. The third-order valence-corrected chi connectivity index (χ3v) is 3.53. The molecule has 0 aliphatic heterocycles. The van der Waals surface area contributed by atoms with Crippen LogP contribution in [-0.4, -0.2) is 41.7 Å². The van der Waals surface area contributed by atoms with Gasteiger partial charge in [-0.1, -0.05) is 18.2 Å². The van der Waals surface area contributed by atoms with Gasteiger partial charge in [-0.05, 0) is 37.8 Å². The maximum absolute atomic E-state index is 12.2. The van der Waals surface area contributed by atoms with Crippen molar-refractivity contribution in [3.8, 4) is 5.75 Å². The van der Waals surface area contributed by atoms with Gasteiger partial charge in [0.05, 0.1) is 13.2 Å². The van der Waals surface area contributed by atoms with Crippen molar-refractivity contribution in [3.05, 3.63) is 29.8 Å². The number of rotatable bonds is 8. The van der Waals surface area contributed by atoms with Crippen molar-refractivity contribution < 1.29 is 14.6 Å². The van der Waals surface area contributed by atoms with Gasteiger partial charge in [-0.3, -0.25) is 4.79 Å². The van der Waals surface area contributed by atoms with Crippen molar-refractivity contribution in [2.24, 2.45) is 0 Å². The van der Waals surface area contributed by atoms with Gasteiger partial charge in [-0.15, -0.1) is 0 Å². The predicted molar refractivity (Wildman–Crippen MR) is 77.8 cm³/mol. The molecule has 1 saturated carbocycles. The molecule has 1 fully saturated rings. The Hall–Kier alpha value is -1.55. The Morgan fingerprint density at radius 1 is 1.40 bits per heavy atom. The number of hydrogen-bond donors (Lipinski definition) is 1. The van der Waals surface area contributed by atoms with Gasteiger partial charge in [0.25, 0.3) is 0 Å². The van der Waals surface area contributed by atoms with Crippen LogP contribution in [0, 0.1) is 0 Å². The van der Waals surface area contributed by atoms with Crippen LogP contribution >= 0.6 is 0 Å². The molecule has 0 saturated heterocycles. The number of amides is 1. The molecule has 4 heteroatoms. The summed E-state index contributed by atoms with van der Waals surface area (Å²) in [6.45, 7) is 3.08. The Labute approximate surface area is 120 Å². The number of para-hydroxylation sites is 1. The van der Waals surface area contributed by atoms with E-state index in [9.17, 15) is 4.79 Å². The molecule has 2 rings (SSSR count). The Balaban J connectivity index is 1.92. The maximum atomic E-state index is 12.2. The van der Waals surface area contributed by atoms with Crippen LogP contribution in [0.5, 0.6) is 5.75 Å². The van der Waals surface area contributed by atoms with Crippen LogP contribution in [0.1, 0.15) is 31.7 Å². The van der Waals surface area contributed by atoms with E-state index in [1.807, 2.05) is 36.1 Å². The van der Waals surface area contributed by atoms with E-state index >= 15 is 0 Å². The second-order valence-corrected chi connectivity index (χ2v) is 5.08. The summed E-state index contributed by atoms with van der Waals surface area (Å²) in [6.07, 6.45) is 3.30.